The Morgan fingerprint density at radius 3 is 2.53 bits per heavy atom. The highest BCUT2D eigenvalue weighted by Crippen LogP contribution is 2.19. The minimum Gasteiger partial charge on any atom is -0.469 e. The molecule has 1 saturated heterocycles. The molecule has 0 N–H and O–H groups in total. The fourth-order valence-electron chi connectivity index (χ4n) is 1.72. The van der Waals surface area contributed by atoms with E-state index in [1.54, 1.807) is 0 Å². The highest BCUT2D eigenvalue weighted by molar-refractivity contribution is 5.83. The van der Waals surface area contributed by atoms with Crippen LogP contribution in [0.3, 0.4) is 0 Å². The number of ether oxygens (including phenoxy) is 2. The second-order valence-corrected chi connectivity index (χ2v) is 3.87. The molecule has 0 aromatic carbocycles. The molecule has 0 saturated carbocycles. The van der Waals surface area contributed by atoms with Gasteiger partial charge in [0.25, 0.3) is 0 Å². The Bertz CT molecular complexity index is 219. The van der Waals surface area contributed by atoms with Crippen LogP contribution in [0, 0.1) is 5.92 Å². The molecule has 15 heavy (non-hydrogen) atoms. The third-order valence-corrected chi connectivity index (χ3v) is 2.69. The molecule has 0 atom stereocenters. The van der Waals surface area contributed by atoms with Crippen molar-refractivity contribution in [2.75, 3.05) is 20.3 Å². The van der Waals surface area contributed by atoms with Gasteiger partial charge in [-0.3, -0.25) is 9.59 Å². The van der Waals surface area contributed by atoms with E-state index >= 15 is 0 Å². The predicted octanol–water partition coefficient (Wildman–Crippen LogP) is 1.33. The van der Waals surface area contributed by atoms with E-state index in [-0.39, 0.29) is 18.2 Å². The van der Waals surface area contributed by atoms with Gasteiger partial charge in [0.15, 0.2) is 0 Å². The molecule has 0 radical (unpaired) electrons. The van der Waals surface area contributed by atoms with Crippen LogP contribution in [0.2, 0.25) is 0 Å². The zero-order valence-electron chi connectivity index (χ0n) is 9.16. The third-order valence-electron chi connectivity index (χ3n) is 2.69. The van der Waals surface area contributed by atoms with Gasteiger partial charge in [0.05, 0.1) is 13.5 Å². The maximum absolute atomic E-state index is 11.5. The largest absolute Gasteiger partial charge is 0.469 e. The summed E-state index contributed by atoms with van der Waals surface area (Å²) >= 11 is 0. The van der Waals surface area contributed by atoms with Crippen molar-refractivity contribution in [1.82, 2.24) is 0 Å². The van der Waals surface area contributed by atoms with Crippen molar-refractivity contribution < 1.29 is 19.1 Å². The smallest absolute Gasteiger partial charge is 0.305 e. The first-order valence-corrected chi connectivity index (χ1v) is 5.38. The van der Waals surface area contributed by atoms with E-state index in [0.717, 1.165) is 26.1 Å². The Morgan fingerprint density at radius 2 is 1.93 bits per heavy atom. The first kappa shape index (κ1) is 12.2. The SMILES string of the molecule is COC(=O)CCC(=O)CC1CCOCC1. The fourth-order valence-corrected chi connectivity index (χ4v) is 1.72. The molecule has 0 aromatic heterocycles. The summed E-state index contributed by atoms with van der Waals surface area (Å²) in [6.45, 7) is 1.52. The number of carbonyl (C=O) groups is 2. The number of hydrogen-bond donors (Lipinski definition) is 0. The summed E-state index contributed by atoms with van der Waals surface area (Å²) in [4.78, 5) is 22.3. The molecule has 4 heteroatoms. The van der Waals surface area contributed by atoms with Crippen LogP contribution in [-0.2, 0) is 19.1 Å². The van der Waals surface area contributed by atoms with Crippen molar-refractivity contribution in [3.8, 4) is 0 Å². The Labute approximate surface area is 89.9 Å². The molecule has 0 aliphatic carbocycles. The van der Waals surface area contributed by atoms with E-state index in [1.807, 2.05) is 0 Å². The number of methoxy groups -OCH3 is 1. The summed E-state index contributed by atoms with van der Waals surface area (Å²) in [5.41, 5.74) is 0. The van der Waals surface area contributed by atoms with Crippen LogP contribution in [-0.4, -0.2) is 32.1 Å². The second-order valence-electron chi connectivity index (χ2n) is 3.87. The minimum atomic E-state index is -0.310. The van der Waals surface area contributed by atoms with Crippen molar-refractivity contribution in [2.24, 2.45) is 5.92 Å². The zero-order chi connectivity index (χ0) is 11.1. The van der Waals surface area contributed by atoms with Gasteiger partial charge < -0.3 is 9.47 Å². The van der Waals surface area contributed by atoms with Gasteiger partial charge in [0.2, 0.25) is 0 Å². The third kappa shape index (κ3) is 4.93. The van der Waals surface area contributed by atoms with Crippen LogP contribution < -0.4 is 0 Å². The van der Waals surface area contributed by atoms with Gasteiger partial charge in [-0.25, -0.2) is 0 Å². The van der Waals surface area contributed by atoms with Gasteiger partial charge in [-0.2, -0.15) is 0 Å². The zero-order valence-corrected chi connectivity index (χ0v) is 9.16. The molecule has 4 nitrogen and oxygen atoms in total. The number of ketones is 1. The van der Waals surface area contributed by atoms with Crippen LogP contribution in [0.25, 0.3) is 0 Å². The van der Waals surface area contributed by atoms with Crippen LogP contribution in [0.1, 0.15) is 32.1 Å². The summed E-state index contributed by atoms with van der Waals surface area (Å²) < 4.78 is 9.69. The Kier molecular flexibility index (Phi) is 5.32. The first-order valence-electron chi connectivity index (χ1n) is 5.38. The average Bonchev–Trinajstić information content (AvgIpc) is 2.27. The van der Waals surface area contributed by atoms with Gasteiger partial charge in [0.1, 0.15) is 5.78 Å². The maximum Gasteiger partial charge on any atom is 0.305 e. The summed E-state index contributed by atoms with van der Waals surface area (Å²) in [6, 6.07) is 0. The van der Waals surface area contributed by atoms with E-state index in [2.05, 4.69) is 4.74 Å². The summed E-state index contributed by atoms with van der Waals surface area (Å²) in [6.07, 6.45) is 3.02. The molecule has 86 valence electrons. The van der Waals surface area contributed by atoms with E-state index < -0.39 is 0 Å². The van der Waals surface area contributed by atoms with Gasteiger partial charge in [-0.05, 0) is 18.8 Å². The Hall–Kier alpha value is -0.900. The standard InChI is InChI=1S/C11H18O4/c1-14-11(13)3-2-10(12)8-9-4-6-15-7-5-9/h9H,2-8H2,1H3. The molecule has 0 unspecified atom stereocenters. The lowest BCUT2D eigenvalue weighted by Gasteiger charge is -2.20. The molecule has 0 bridgehead atoms. The van der Waals surface area contributed by atoms with Gasteiger partial charge in [0, 0.05) is 26.1 Å². The quantitative estimate of drug-likeness (QED) is 0.648. The number of esters is 1. The predicted molar refractivity (Wildman–Crippen MR) is 54.4 cm³/mol. The van der Waals surface area contributed by atoms with Crippen LogP contribution in [0.5, 0.6) is 0 Å². The molecule has 0 amide bonds. The molecule has 1 aliphatic rings. The molecule has 1 heterocycles. The normalized spacial score (nSPS) is 17.4. The molecular weight excluding hydrogens is 196 g/mol. The van der Waals surface area contributed by atoms with E-state index in [0.29, 0.717) is 18.8 Å². The number of hydrogen-bond acceptors (Lipinski definition) is 4. The number of rotatable bonds is 5. The lowest BCUT2D eigenvalue weighted by Crippen LogP contribution is -2.19. The van der Waals surface area contributed by atoms with Gasteiger partial charge in [-0.1, -0.05) is 0 Å². The van der Waals surface area contributed by atoms with Gasteiger partial charge >= 0.3 is 5.97 Å². The molecule has 1 rings (SSSR count). The van der Waals surface area contributed by atoms with Crippen molar-refractivity contribution >= 4 is 11.8 Å². The second kappa shape index (κ2) is 6.56. The summed E-state index contributed by atoms with van der Waals surface area (Å²) in [7, 11) is 1.34. The number of Topliss-reactive ketones (excluding diaryl/α,β-unsaturated/α-hetero) is 1. The Balaban J connectivity index is 2.14. The van der Waals surface area contributed by atoms with E-state index in [1.165, 1.54) is 7.11 Å². The monoisotopic (exact) mass is 214 g/mol. The summed E-state index contributed by atoms with van der Waals surface area (Å²) in [5.74, 6) is 0.298. The highest BCUT2D eigenvalue weighted by atomic mass is 16.5. The first-order chi connectivity index (χ1) is 7.22. The van der Waals surface area contributed by atoms with Crippen molar-refractivity contribution in [1.29, 1.82) is 0 Å². The average molecular weight is 214 g/mol. The fraction of sp³-hybridized carbons (Fsp3) is 0.818. The van der Waals surface area contributed by atoms with E-state index in [9.17, 15) is 9.59 Å². The minimum absolute atomic E-state index is 0.160. The van der Waals surface area contributed by atoms with Crippen molar-refractivity contribution in [2.45, 2.75) is 32.1 Å². The van der Waals surface area contributed by atoms with Crippen LogP contribution >= 0.6 is 0 Å². The highest BCUT2D eigenvalue weighted by Gasteiger charge is 2.17. The van der Waals surface area contributed by atoms with Crippen molar-refractivity contribution in [3.63, 3.8) is 0 Å². The summed E-state index contributed by atoms with van der Waals surface area (Å²) in [5, 5.41) is 0. The molecular formula is C11H18O4. The Morgan fingerprint density at radius 1 is 1.27 bits per heavy atom. The molecule has 0 spiro atoms. The topological polar surface area (TPSA) is 52.6 Å². The van der Waals surface area contributed by atoms with E-state index in [4.69, 9.17) is 4.74 Å². The molecule has 1 fully saturated rings. The van der Waals surface area contributed by atoms with Crippen molar-refractivity contribution in [3.05, 3.63) is 0 Å². The maximum atomic E-state index is 11.5. The lowest BCUT2D eigenvalue weighted by molar-refractivity contribution is -0.142. The van der Waals surface area contributed by atoms with Crippen LogP contribution in [0.15, 0.2) is 0 Å². The molecule has 1 aliphatic heterocycles. The van der Waals surface area contributed by atoms with Crippen LogP contribution in [0.4, 0.5) is 0 Å². The van der Waals surface area contributed by atoms with Gasteiger partial charge in [-0.15, -0.1) is 0 Å². The number of carbonyl (C=O) groups excluding carboxylic acids is 2. The molecule has 0 aromatic rings. The lowest BCUT2D eigenvalue weighted by atomic mass is 9.93.